The Hall–Kier alpha value is -1.79. The minimum absolute atomic E-state index is 0.0753. The van der Waals surface area contributed by atoms with Crippen molar-refractivity contribution in [2.24, 2.45) is 0 Å². The Bertz CT molecular complexity index is 591. The molecule has 2 amide bonds. The lowest BCUT2D eigenvalue weighted by atomic mass is 10.2. The minimum Gasteiger partial charge on any atom is -0.495 e. The summed E-state index contributed by atoms with van der Waals surface area (Å²) in [7, 11) is 1.52. The van der Waals surface area contributed by atoms with Crippen LogP contribution in [0.25, 0.3) is 0 Å². The summed E-state index contributed by atoms with van der Waals surface area (Å²) in [6.45, 7) is 8.45. The van der Waals surface area contributed by atoms with Crippen molar-refractivity contribution < 1.29 is 14.3 Å². The van der Waals surface area contributed by atoms with Gasteiger partial charge in [-0.2, -0.15) is 0 Å². The van der Waals surface area contributed by atoms with Gasteiger partial charge in [0, 0.05) is 17.1 Å². The number of benzene rings is 1. The highest BCUT2D eigenvalue weighted by Gasteiger charge is 2.15. The molecule has 0 aliphatic carbocycles. The van der Waals surface area contributed by atoms with Gasteiger partial charge in [-0.3, -0.25) is 14.5 Å². The maximum absolute atomic E-state index is 12.3. The summed E-state index contributed by atoms with van der Waals surface area (Å²) in [5.74, 6) is 0.188. The van der Waals surface area contributed by atoms with Crippen LogP contribution in [-0.4, -0.2) is 49.5 Å². The number of aryl methyl sites for hydroxylation is 1. The highest BCUT2D eigenvalue weighted by Crippen LogP contribution is 2.30. The standard InChI is InChI=1S/C17H26ClN3O3/c1-6-21(9-16(22)19-11(2)3)10-17(23)20-14-7-12(4)13(18)8-15(14)24-5/h7-8,11H,6,9-10H2,1-5H3,(H,19,22)(H,20,23). The summed E-state index contributed by atoms with van der Waals surface area (Å²) in [6.07, 6.45) is 0. The number of ether oxygens (including phenoxy) is 1. The molecule has 6 nitrogen and oxygen atoms in total. The molecule has 0 aliphatic heterocycles. The van der Waals surface area contributed by atoms with Crippen LogP contribution in [0.2, 0.25) is 5.02 Å². The second-order valence-electron chi connectivity index (χ2n) is 5.88. The number of carbonyl (C=O) groups is 2. The van der Waals surface area contributed by atoms with Crippen LogP contribution in [0.3, 0.4) is 0 Å². The van der Waals surface area contributed by atoms with Gasteiger partial charge in [-0.1, -0.05) is 18.5 Å². The van der Waals surface area contributed by atoms with Crippen molar-refractivity contribution in [2.75, 3.05) is 32.1 Å². The molecule has 0 bridgehead atoms. The second-order valence-corrected chi connectivity index (χ2v) is 6.28. The molecule has 0 aliphatic rings. The molecule has 0 fully saturated rings. The molecule has 24 heavy (non-hydrogen) atoms. The van der Waals surface area contributed by atoms with E-state index in [1.165, 1.54) is 7.11 Å². The molecule has 1 aromatic rings. The molecule has 0 radical (unpaired) electrons. The first-order valence-corrected chi connectivity index (χ1v) is 8.30. The van der Waals surface area contributed by atoms with Gasteiger partial charge in [-0.05, 0) is 38.9 Å². The number of anilines is 1. The van der Waals surface area contributed by atoms with E-state index in [-0.39, 0.29) is 30.9 Å². The van der Waals surface area contributed by atoms with E-state index in [0.29, 0.717) is 23.0 Å². The average molecular weight is 356 g/mol. The van der Waals surface area contributed by atoms with Gasteiger partial charge in [0.25, 0.3) is 0 Å². The lowest BCUT2D eigenvalue weighted by Crippen LogP contribution is -2.42. The smallest absolute Gasteiger partial charge is 0.238 e. The molecule has 0 heterocycles. The van der Waals surface area contributed by atoms with E-state index in [1.807, 2.05) is 27.7 Å². The van der Waals surface area contributed by atoms with Crippen LogP contribution in [0, 0.1) is 6.92 Å². The SMILES string of the molecule is CCN(CC(=O)Nc1cc(C)c(Cl)cc1OC)CC(=O)NC(C)C. The number of carbonyl (C=O) groups excluding carboxylic acids is 2. The third kappa shape index (κ3) is 6.37. The van der Waals surface area contributed by atoms with Crippen molar-refractivity contribution in [3.05, 3.63) is 22.7 Å². The minimum atomic E-state index is -0.214. The van der Waals surface area contributed by atoms with Gasteiger partial charge in [0.05, 0.1) is 25.9 Å². The molecular formula is C17H26ClN3O3. The summed E-state index contributed by atoms with van der Waals surface area (Å²) in [6, 6.07) is 3.51. The number of hydrogen-bond donors (Lipinski definition) is 2. The molecule has 0 aromatic heterocycles. The molecule has 0 saturated heterocycles. The summed E-state index contributed by atoms with van der Waals surface area (Å²) >= 11 is 6.06. The van der Waals surface area contributed by atoms with Gasteiger partial charge in [0.2, 0.25) is 11.8 Å². The number of hydrogen-bond acceptors (Lipinski definition) is 4. The van der Waals surface area contributed by atoms with E-state index < -0.39 is 0 Å². The van der Waals surface area contributed by atoms with Gasteiger partial charge in [-0.25, -0.2) is 0 Å². The number of rotatable bonds is 8. The topological polar surface area (TPSA) is 70.7 Å². The van der Waals surface area contributed by atoms with Gasteiger partial charge in [-0.15, -0.1) is 0 Å². The molecule has 1 aromatic carbocycles. The molecular weight excluding hydrogens is 330 g/mol. The summed E-state index contributed by atoms with van der Waals surface area (Å²) in [5, 5.41) is 6.20. The van der Waals surface area contributed by atoms with Crippen molar-refractivity contribution in [3.63, 3.8) is 0 Å². The number of halogens is 1. The van der Waals surface area contributed by atoms with Crippen molar-refractivity contribution in [2.45, 2.75) is 33.7 Å². The van der Waals surface area contributed by atoms with Crippen molar-refractivity contribution in [3.8, 4) is 5.75 Å². The Morgan fingerprint density at radius 2 is 1.88 bits per heavy atom. The van der Waals surface area contributed by atoms with E-state index in [9.17, 15) is 9.59 Å². The first kappa shape index (κ1) is 20.3. The van der Waals surface area contributed by atoms with Crippen LogP contribution in [0.5, 0.6) is 5.75 Å². The number of nitrogens with one attached hydrogen (secondary N) is 2. The summed E-state index contributed by atoms with van der Waals surface area (Å²) in [4.78, 5) is 25.9. The second kappa shape index (κ2) is 9.49. The van der Waals surface area contributed by atoms with Gasteiger partial charge in [0.1, 0.15) is 5.75 Å². The summed E-state index contributed by atoms with van der Waals surface area (Å²) in [5.41, 5.74) is 1.41. The highest BCUT2D eigenvalue weighted by molar-refractivity contribution is 6.31. The largest absolute Gasteiger partial charge is 0.495 e. The van der Waals surface area contributed by atoms with Gasteiger partial charge in [0.15, 0.2) is 0 Å². The average Bonchev–Trinajstić information content (AvgIpc) is 2.49. The molecule has 2 N–H and O–H groups in total. The quantitative estimate of drug-likeness (QED) is 0.751. The van der Waals surface area contributed by atoms with E-state index in [2.05, 4.69) is 10.6 Å². The van der Waals surface area contributed by atoms with Crippen LogP contribution in [0.4, 0.5) is 5.69 Å². The summed E-state index contributed by atoms with van der Waals surface area (Å²) < 4.78 is 5.24. The molecule has 0 atom stereocenters. The first-order valence-electron chi connectivity index (χ1n) is 7.92. The van der Waals surface area contributed by atoms with E-state index in [4.69, 9.17) is 16.3 Å². The lowest BCUT2D eigenvalue weighted by Gasteiger charge is -2.20. The molecule has 0 spiro atoms. The van der Waals surface area contributed by atoms with Crippen molar-refractivity contribution >= 4 is 29.1 Å². The lowest BCUT2D eigenvalue weighted by molar-refractivity contribution is -0.123. The Labute approximate surface area is 148 Å². The molecule has 0 unspecified atom stereocenters. The fourth-order valence-electron chi connectivity index (χ4n) is 2.17. The number of amides is 2. The third-order valence-electron chi connectivity index (χ3n) is 3.39. The maximum Gasteiger partial charge on any atom is 0.238 e. The zero-order valence-electron chi connectivity index (χ0n) is 14.9. The van der Waals surface area contributed by atoms with Crippen LogP contribution in [-0.2, 0) is 9.59 Å². The molecule has 0 saturated carbocycles. The maximum atomic E-state index is 12.3. The van der Waals surface area contributed by atoms with E-state index >= 15 is 0 Å². The Kier molecular flexibility index (Phi) is 8.01. The van der Waals surface area contributed by atoms with Crippen molar-refractivity contribution in [1.82, 2.24) is 10.2 Å². The zero-order valence-corrected chi connectivity index (χ0v) is 15.7. The fraction of sp³-hybridized carbons (Fsp3) is 0.529. The third-order valence-corrected chi connectivity index (χ3v) is 3.79. The van der Waals surface area contributed by atoms with E-state index in [0.717, 1.165) is 5.56 Å². The Morgan fingerprint density at radius 1 is 1.25 bits per heavy atom. The number of nitrogens with zero attached hydrogens (tertiary/aromatic N) is 1. The molecule has 134 valence electrons. The predicted molar refractivity (Wildman–Crippen MR) is 96.8 cm³/mol. The zero-order chi connectivity index (χ0) is 18.3. The number of methoxy groups -OCH3 is 1. The highest BCUT2D eigenvalue weighted by atomic mass is 35.5. The normalized spacial score (nSPS) is 10.8. The van der Waals surface area contributed by atoms with Crippen LogP contribution in [0.1, 0.15) is 26.3 Å². The van der Waals surface area contributed by atoms with Gasteiger partial charge >= 0.3 is 0 Å². The number of likely N-dealkylation sites (N-methyl/N-ethyl adjacent to an activating group) is 1. The van der Waals surface area contributed by atoms with E-state index in [1.54, 1.807) is 17.0 Å². The predicted octanol–water partition coefficient (Wildman–Crippen LogP) is 2.44. The Morgan fingerprint density at radius 3 is 2.42 bits per heavy atom. The Balaban J connectivity index is 2.70. The molecule has 1 rings (SSSR count). The van der Waals surface area contributed by atoms with Crippen LogP contribution >= 0.6 is 11.6 Å². The first-order chi connectivity index (χ1) is 11.3. The molecule has 7 heteroatoms. The van der Waals surface area contributed by atoms with Crippen LogP contribution in [0.15, 0.2) is 12.1 Å². The monoisotopic (exact) mass is 355 g/mol. The van der Waals surface area contributed by atoms with Crippen molar-refractivity contribution in [1.29, 1.82) is 0 Å². The van der Waals surface area contributed by atoms with Crippen LogP contribution < -0.4 is 15.4 Å². The van der Waals surface area contributed by atoms with Gasteiger partial charge < -0.3 is 15.4 Å². The fourth-order valence-corrected chi connectivity index (χ4v) is 2.33.